The van der Waals surface area contributed by atoms with Crippen molar-refractivity contribution in [1.82, 2.24) is 0 Å². The summed E-state index contributed by atoms with van der Waals surface area (Å²) in [5, 5.41) is 0. The average molecular weight is 338 g/mol. The molecule has 106 valence electrons. The third-order valence-corrected chi connectivity index (χ3v) is 3.54. The van der Waals surface area contributed by atoms with Crippen molar-refractivity contribution in [1.29, 1.82) is 0 Å². The summed E-state index contributed by atoms with van der Waals surface area (Å²) in [6, 6.07) is 10.5. The number of rotatable bonds is 4. The maximum absolute atomic E-state index is 13.9. The monoisotopic (exact) mass is 337 g/mol. The molecule has 4 heteroatoms. The van der Waals surface area contributed by atoms with Gasteiger partial charge in [-0.3, -0.25) is 0 Å². The molecule has 0 saturated heterocycles. The number of nitrogens with two attached hydrogens (primary N) is 1. The summed E-state index contributed by atoms with van der Waals surface area (Å²) in [7, 11) is 0. The van der Waals surface area contributed by atoms with Gasteiger partial charge in [-0.25, -0.2) is 4.39 Å². The van der Waals surface area contributed by atoms with Crippen molar-refractivity contribution in [3.05, 3.63) is 57.8 Å². The Hall–Kier alpha value is -1.39. The predicted molar refractivity (Wildman–Crippen MR) is 82.6 cm³/mol. The Morgan fingerprint density at radius 3 is 2.45 bits per heavy atom. The van der Waals surface area contributed by atoms with Gasteiger partial charge in [0, 0.05) is 11.0 Å². The molecule has 0 radical (unpaired) electrons. The SMILES string of the molecule is CC(C)c1cc(Br)ccc1Oc1ccc(CN)cc1F. The standard InChI is InChI=1S/C16H17BrFNO/c1-10(2)13-8-12(17)4-6-15(13)20-16-5-3-11(9-19)7-14(16)18/h3-8,10H,9,19H2,1-2H3. The van der Waals surface area contributed by atoms with Crippen molar-refractivity contribution in [2.45, 2.75) is 26.3 Å². The molecule has 0 bridgehead atoms. The molecule has 0 atom stereocenters. The summed E-state index contributed by atoms with van der Waals surface area (Å²) in [5.74, 6) is 0.772. The highest BCUT2D eigenvalue weighted by Gasteiger charge is 2.12. The Labute approximate surface area is 126 Å². The molecular weight excluding hydrogens is 321 g/mol. The van der Waals surface area contributed by atoms with Gasteiger partial charge in [0.05, 0.1) is 0 Å². The minimum atomic E-state index is -0.398. The van der Waals surface area contributed by atoms with E-state index in [1.54, 1.807) is 12.1 Å². The number of halogens is 2. The lowest BCUT2D eigenvalue weighted by Crippen LogP contribution is -1.99. The molecule has 20 heavy (non-hydrogen) atoms. The zero-order valence-corrected chi connectivity index (χ0v) is 13.1. The Morgan fingerprint density at radius 2 is 1.85 bits per heavy atom. The van der Waals surface area contributed by atoms with Crippen molar-refractivity contribution in [2.75, 3.05) is 0 Å². The van der Waals surface area contributed by atoms with E-state index in [1.165, 1.54) is 6.07 Å². The smallest absolute Gasteiger partial charge is 0.166 e. The molecule has 2 rings (SSSR count). The first-order valence-corrected chi connectivity index (χ1v) is 7.26. The summed E-state index contributed by atoms with van der Waals surface area (Å²) in [6.07, 6.45) is 0. The first-order chi connectivity index (χ1) is 9.51. The van der Waals surface area contributed by atoms with E-state index in [1.807, 2.05) is 18.2 Å². The van der Waals surface area contributed by atoms with Crippen molar-refractivity contribution in [3.63, 3.8) is 0 Å². The zero-order valence-electron chi connectivity index (χ0n) is 11.5. The van der Waals surface area contributed by atoms with Crippen LogP contribution < -0.4 is 10.5 Å². The molecule has 2 aromatic carbocycles. The molecule has 0 aromatic heterocycles. The van der Waals surface area contributed by atoms with Crippen molar-refractivity contribution in [2.24, 2.45) is 5.73 Å². The predicted octanol–water partition coefficient (Wildman–Crippen LogP) is 4.96. The molecule has 0 unspecified atom stereocenters. The molecule has 0 aliphatic rings. The van der Waals surface area contributed by atoms with Gasteiger partial charge in [-0.05, 0) is 47.4 Å². The van der Waals surface area contributed by atoms with E-state index in [0.29, 0.717) is 12.3 Å². The van der Waals surface area contributed by atoms with E-state index in [2.05, 4.69) is 29.8 Å². The van der Waals surface area contributed by atoms with Crippen LogP contribution in [0.15, 0.2) is 40.9 Å². The fourth-order valence-electron chi connectivity index (χ4n) is 1.94. The van der Waals surface area contributed by atoms with Crippen molar-refractivity contribution >= 4 is 15.9 Å². The minimum absolute atomic E-state index is 0.214. The van der Waals surface area contributed by atoms with E-state index in [4.69, 9.17) is 10.5 Å². The number of hydrogen-bond donors (Lipinski definition) is 1. The first kappa shape index (κ1) is 15.0. The molecule has 2 aromatic rings. The summed E-state index contributed by atoms with van der Waals surface area (Å²) in [6.45, 7) is 4.46. The fourth-order valence-corrected chi connectivity index (χ4v) is 2.31. The summed E-state index contributed by atoms with van der Waals surface area (Å²) in [4.78, 5) is 0. The van der Waals surface area contributed by atoms with Crippen LogP contribution in [-0.4, -0.2) is 0 Å². The third-order valence-electron chi connectivity index (χ3n) is 3.05. The van der Waals surface area contributed by atoms with Crippen LogP contribution in [-0.2, 0) is 6.54 Å². The lowest BCUT2D eigenvalue weighted by molar-refractivity contribution is 0.435. The van der Waals surface area contributed by atoms with Gasteiger partial charge in [0.1, 0.15) is 5.75 Å². The van der Waals surface area contributed by atoms with E-state index < -0.39 is 5.82 Å². The molecule has 2 nitrogen and oxygen atoms in total. The molecular formula is C16H17BrFNO. The largest absolute Gasteiger partial charge is 0.454 e. The molecule has 0 fully saturated rings. The third kappa shape index (κ3) is 3.38. The van der Waals surface area contributed by atoms with Crippen LogP contribution in [0.2, 0.25) is 0 Å². The van der Waals surface area contributed by atoms with Crippen molar-refractivity contribution in [3.8, 4) is 11.5 Å². The molecule has 0 heterocycles. The molecule has 0 amide bonds. The molecule has 0 aliphatic carbocycles. The van der Waals surface area contributed by atoms with E-state index in [0.717, 1.165) is 15.6 Å². The second-order valence-electron chi connectivity index (χ2n) is 4.91. The van der Waals surface area contributed by atoms with Crippen LogP contribution in [0.1, 0.15) is 30.9 Å². The van der Waals surface area contributed by atoms with E-state index in [-0.39, 0.29) is 11.7 Å². The normalized spacial score (nSPS) is 10.9. The Morgan fingerprint density at radius 1 is 1.15 bits per heavy atom. The topological polar surface area (TPSA) is 35.2 Å². The molecule has 0 aliphatic heterocycles. The average Bonchev–Trinajstić information content (AvgIpc) is 2.42. The molecule has 0 saturated carbocycles. The second-order valence-corrected chi connectivity index (χ2v) is 5.82. The molecule has 2 N–H and O–H groups in total. The van der Waals surface area contributed by atoms with Gasteiger partial charge in [-0.1, -0.05) is 35.8 Å². The van der Waals surface area contributed by atoms with E-state index >= 15 is 0 Å². The highest BCUT2D eigenvalue weighted by Crippen LogP contribution is 2.33. The van der Waals surface area contributed by atoms with Gasteiger partial charge in [-0.2, -0.15) is 0 Å². The summed E-state index contributed by atoms with van der Waals surface area (Å²) in [5.41, 5.74) is 7.26. The highest BCUT2D eigenvalue weighted by atomic mass is 79.9. The number of ether oxygens (including phenoxy) is 1. The summed E-state index contributed by atoms with van der Waals surface area (Å²) < 4.78 is 20.6. The number of hydrogen-bond acceptors (Lipinski definition) is 2. The Balaban J connectivity index is 2.35. The van der Waals surface area contributed by atoms with Crippen molar-refractivity contribution < 1.29 is 9.13 Å². The van der Waals surface area contributed by atoms with Crippen LogP contribution in [0.25, 0.3) is 0 Å². The Kier molecular flexibility index (Phi) is 4.78. The minimum Gasteiger partial charge on any atom is -0.454 e. The van der Waals surface area contributed by atoms with E-state index in [9.17, 15) is 4.39 Å². The van der Waals surface area contributed by atoms with Gasteiger partial charge in [0.25, 0.3) is 0 Å². The maximum atomic E-state index is 13.9. The Bertz CT molecular complexity index is 613. The zero-order chi connectivity index (χ0) is 14.7. The lowest BCUT2D eigenvalue weighted by atomic mass is 10.0. The van der Waals surface area contributed by atoms with Crippen LogP contribution in [0.5, 0.6) is 11.5 Å². The molecule has 0 spiro atoms. The maximum Gasteiger partial charge on any atom is 0.166 e. The van der Waals surface area contributed by atoms with Gasteiger partial charge in [0.15, 0.2) is 11.6 Å². The first-order valence-electron chi connectivity index (χ1n) is 6.47. The summed E-state index contributed by atoms with van der Waals surface area (Å²) >= 11 is 3.44. The lowest BCUT2D eigenvalue weighted by Gasteiger charge is -2.15. The van der Waals surface area contributed by atoms with Crippen LogP contribution in [0.3, 0.4) is 0 Å². The second kappa shape index (κ2) is 6.37. The fraction of sp³-hybridized carbons (Fsp3) is 0.250. The van der Waals surface area contributed by atoms with Gasteiger partial charge in [-0.15, -0.1) is 0 Å². The number of benzene rings is 2. The van der Waals surface area contributed by atoms with Gasteiger partial charge < -0.3 is 10.5 Å². The van der Waals surface area contributed by atoms with Crippen LogP contribution >= 0.6 is 15.9 Å². The van der Waals surface area contributed by atoms with Gasteiger partial charge >= 0.3 is 0 Å². The highest BCUT2D eigenvalue weighted by molar-refractivity contribution is 9.10. The quantitative estimate of drug-likeness (QED) is 0.855. The van der Waals surface area contributed by atoms with Crippen LogP contribution in [0, 0.1) is 5.82 Å². The van der Waals surface area contributed by atoms with Crippen LogP contribution in [0.4, 0.5) is 4.39 Å². The van der Waals surface area contributed by atoms with Gasteiger partial charge in [0.2, 0.25) is 0 Å².